The Morgan fingerprint density at radius 2 is 1.91 bits per heavy atom. The van der Waals surface area contributed by atoms with Crippen LogP contribution in [0.15, 0.2) is 53.4 Å². The van der Waals surface area contributed by atoms with Crippen LogP contribution in [-0.2, 0) is 4.79 Å². The molecular weight excluding hydrogens is 333 g/mol. The first-order chi connectivity index (χ1) is 11.0. The number of hydrogen-bond acceptors (Lipinski definition) is 2. The molecule has 2 aromatic carbocycles. The van der Waals surface area contributed by atoms with E-state index < -0.39 is 5.82 Å². The Morgan fingerprint density at radius 3 is 2.57 bits per heavy atom. The number of nitrogens with one attached hydrogen (secondary N) is 1. The lowest BCUT2D eigenvalue weighted by Gasteiger charge is -2.16. The molecular formula is C18H19ClFNOS. The number of benzene rings is 2. The molecule has 2 aromatic rings. The molecule has 2 nitrogen and oxygen atoms in total. The summed E-state index contributed by atoms with van der Waals surface area (Å²) in [7, 11) is 0. The molecule has 1 N–H and O–H groups in total. The monoisotopic (exact) mass is 351 g/mol. The van der Waals surface area contributed by atoms with Crippen molar-refractivity contribution in [3.05, 3.63) is 64.9 Å². The van der Waals surface area contributed by atoms with Crippen molar-refractivity contribution in [3.8, 4) is 0 Å². The molecule has 2 rings (SSSR count). The van der Waals surface area contributed by atoms with Crippen molar-refractivity contribution in [2.24, 2.45) is 0 Å². The summed E-state index contributed by atoms with van der Waals surface area (Å²) in [6, 6.07) is 14.5. The Hall–Kier alpha value is -1.52. The van der Waals surface area contributed by atoms with Gasteiger partial charge in [-0.25, -0.2) is 4.39 Å². The standard InChI is InChI=1S/C18H19ClFNOS/c1-12(14-6-4-3-5-7-14)11-21-18(22)13(2)23-15-8-9-17(20)16(19)10-15/h3-10,12-13H,11H2,1-2H3,(H,21,22)/t12-,13-/m0/s1. The molecule has 0 radical (unpaired) electrons. The Morgan fingerprint density at radius 1 is 1.22 bits per heavy atom. The summed E-state index contributed by atoms with van der Waals surface area (Å²) in [5, 5.41) is 2.75. The van der Waals surface area contributed by atoms with Gasteiger partial charge in [0.05, 0.1) is 10.3 Å². The zero-order valence-corrected chi connectivity index (χ0v) is 14.6. The highest BCUT2D eigenvalue weighted by atomic mass is 35.5. The van der Waals surface area contributed by atoms with Crippen LogP contribution in [-0.4, -0.2) is 17.7 Å². The highest BCUT2D eigenvalue weighted by molar-refractivity contribution is 8.00. The van der Waals surface area contributed by atoms with Gasteiger partial charge in [0.2, 0.25) is 5.91 Å². The van der Waals surface area contributed by atoms with E-state index in [1.165, 1.54) is 29.5 Å². The minimum Gasteiger partial charge on any atom is -0.355 e. The normalized spacial score (nSPS) is 13.4. The maximum atomic E-state index is 13.1. The summed E-state index contributed by atoms with van der Waals surface area (Å²) >= 11 is 7.12. The Kier molecular flexibility index (Phi) is 6.48. The van der Waals surface area contributed by atoms with Crippen molar-refractivity contribution >= 4 is 29.3 Å². The van der Waals surface area contributed by atoms with Crippen LogP contribution >= 0.6 is 23.4 Å². The lowest BCUT2D eigenvalue weighted by Crippen LogP contribution is -2.33. The molecule has 0 bridgehead atoms. The van der Waals surface area contributed by atoms with Gasteiger partial charge in [-0.3, -0.25) is 4.79 Å². The molecule has 0 saturated carbocycles. The van der Waals surface area contributed by atoms with Gasteiger partial charge in [-0.2, -0.15) is 0 Å². The molecule has 5 heteroatoms. The average molecular weight is 352 g/mol. The smallest absolute Gasteiger partial charge is 0.233 e. The molecule has 1 amide bonds. The molecule has 0 spiro atoms. The Balaban J connectivity index is 1.86. The van der Waals surface area contributed by atoms with Crippen molar-refractivity contribution in [1.29, 1.82) is 0 Å². The van der Waals surface area contributed by atoms with Gasteiger partial charge in [0.1, 0.15) is 5.82 Å². The third-order valence-corrected chi connectivity index (χ3v) is 4.91. The third-order valence-electron chi connectivity index (χ3n) is 3.52. The van der Waals surface area contributed by atoms with Crippen LogP contribution in [0.3, 0.4) is 0 Å². The van der Waals surface area contributed by atoms with Crippen LogP contribution in [0.5, 0.6) is 0 Å². The largest absolute Gasteiger partial charge is 0.355 e. The van der Waals surface area contributed by atoms with Crippen LogP contribution in [0.1, 0.15) is 25.3 Å². The van der Waals surface area contributed by atoms with Crippen molar-refractivity contribution in [2.45, 2.75) is 29.9 Å². The van der Waals surface area contributed by atoms with E-state index in [1.807, 2.05) is 25.1 Å². The van der Waals surface area contributed by atoms with E-state index in [2.05, 4.69) is 24.4 Å². The van der Waals surface area contributed by atoms with Gasteiger partial charge in [-0.15, -0.1) is 11.8 Å². The number of amides is 1. The number of carbonyl (C=O) groups excluding carboxylic acids is 1. The van der Waals surface area contributed by atoms with Gasteiger partial charge in [0, 0.05) is 11.4 Å². The van der Waals surface area contributed by atoms with Crippen molar-refractivity contribution in [3.63, 3.8) is 0 Å². The molecule has 122 valence electrons. The average Bonchev–Trinajstić information content (AvgIpc) is 2.56. The molecule has 0 aliphatic rings. The van der Waals surface area contributed by atoms with Crippen LogP contribution in [0.25, 0.3) is 0 Å². The molecule has 0 unspecified atom stereocenters. The van der Waals surface area contributed by atoms with Crippen molar-refractivity contribution < 1.29 is 9.18 Å². The van der Waals surface area contributed by atoms with Gasteiger partial charge >= 0.3 is 0 Å². The predicted octanol–water partition coefficient (Wildman–Crippen LogP) is 4.88. The zero-order chi connectivity index (χ0) is 16.8. The fourth-order valence-corrected chi connectivity index (χ4v) is 3.28. The highest BCUT2D eigenvalue weighted by Gasteiger charge is 2.16. The maximum Gasteiger partial charge on any atom is 0.233 e. The minimum atomic E-state index is -0.454. The van der Waals surface area contributed by atoms with Crippen LogP contribution < -0.4 is 5.32 Å². The summed E-state index contributed by atoms with van der Waals surface area (Å²) < 4.78 is 13.1. The molecule has 0 fully saturated rings. The number of rotatable bonds is 6. The van der Waals surface area contributed by atoms with Gasteiger partial charge in [-0.1, -0.05) is 48.9 Å². The second kappa shape index (κ2) is 8.37. The second-order valence-corrected chi connectivity index (χ2v) is 7.21. The molecule has 23 heavy (non-hydrogen) atoms. The molecule has 0 aliphatic carbocycles. The van der Waals surface area contributed by atoms with E-state index >= 15 is 0 Å². The highest BCUT2D eigenvalue weighted by Crippen LogP contribution is 2.27. The van der Waals surface area contributed by atoms with Crippen molar-refractivity contribution in [1.82, 2.24) is 5.32 Å². The maximum absolute atomic E-state index is 13.1. The summed E-state index contributed by atoms with van der Waals surface area (Å²) in [5.74, 6) is -0.249. The van der Waals surface area contributed by atoms with E-state index in [0.29, 0.717) is 6.54 Å². The summed E-state index contributed by atoms with van der Waals surface area (Å²) in [5.41, 5.74) is 1.19. The fraction of sp³-hybridized carbons (Fsp3) is 0.278. The summed E-state index contributed by atoms with van der Waals surface area (Å²) in [6.45, 7) is 4.48. The van der Waals surface area contributed by atoms with Gasteiger partial charge in [0.25, 0.3) is 0 Å². The number of carbonyl (C=O) groups is 1. The third kappa shape index (κ3) is 5.26. The fourth-order valence-electron chi connectivity index (χ4n) is 2.10. The van der Waals surface area contributed by atoms with Gasteiger partial charge in [-0.05, 0) is 36.6 Å². The van der Waals surface area contributed by atoms with Crippen LogP contribution in [0.2, 0.25) is 5.02 Å². The van der Waals surface area contributed by atoms with Gasteiger partial charge in [0.15, 0.2) is 0 Å². The lowest BCUT2D eigenvalue weighted by atomic mass is 10.0. The Bertz CT molecular complexity index is 665. The van der Waals surface area contributed by atoms with Crippen molar-refractivity contribution in [2.75, 3.05) is 6.54 Å². The molecule has 0 heterocycles. The van der Waals surface area contributed by atoms with E-state index in [9.17, 15) is 9.18 Å². The minimum absolute atomic E-state index is 0.0433. The van der Waals surface area contributed by atoms with E-state index in [0.717, 1.165) is 4.90 Å². The zero-order valence-electron chi connectivity index (χ0n) is 13.1. The molecule has 0 aliphatic heterocycles. The molecule has 0 aromatic heterocycles. The second-order valence-electron chi connectivity index (χ2n) is 5.39. The van der Waals surface area contributed by atoms with E-state index in [1.54, 1.807) is 6.07 Å². The van der Waals surface area contributed by atoms with Crippen LogP contribution in [0.4, 0.5) is 4.39 Å². The SMILES string of the molecule is C[C@H](Sc1ccc(F)c(Cl)c1)C(=O)NC[C@H](C)c1ccccc1. The van der Waals surface area contributed by atoms with E-state index in [4.69, 9.17) is 11.6 Å². The topological polar surface area (TPSA) is 29.1 Å². The predicted molar refractivity (Wildman–Crippen MR) is 94.6 cm³/mol. The molecule has 2 atom stereocenters. The van der Waals surface area contributed by atoms with E-state index in [-0.39, 0.29) is 22.1 Å². The Labute approximate surface area is 145 Å². The first-order valence-electron chi connectivity index (χ1n) is 7.41. The first kappa shape index (κ1) is 17.8. The summed E-state index contributed by atoms with van der Waals surface area (Å²) in [6.07, 6.45) is 0. The summed E-state index contributed by atoms with van der Waals surface area (Å²) in [4.78, 5) is 13.0. The number of hydrogen-bond donors (Lipinski definition) is 1. The quantitative estimate of drug-likeness (QED) is 0.751. The first-order valence-corrected chi connectivity index (χ1v) is 8.67. The number of halogens is 2. The molecule has 0 saturated heterocycles. The lowest BCUT2D eigenvalue weighted by molar-refractivity contribution is -0.120. The van der Waals surface area contributed by atoms with Crippen LogP contribution in [0, 0.1) is 5.82 Å². The number of thioether (sulfide) groups is 1. The van der Waals surface area contributed by atoms with Gasteiger partial charge < -0.3 is 5.32 Å².